The molecule has 0 aliphatic carbocycles. The minimum absolute atomic E-state index is 0.0751. The highest BCUT2D eigenvalue weighted by atomic mass is 127. The molecule has 0 bridgehead atoms. The van der Waals surface area contributed by atoms with Crippen molar-refractivity contribution >= 4 is 53.6 Å². The van der Waals surface area contributed by atoms with Crippen LogP contribution in [0.2, 0.25) is 0 Å². The molecule has 194 valence electrons. The number of nitrogens with one attached hydrogen (secondary N) is 2. The van der Waals surface area contributed by atoms with E-state index in [9.17, 15) is 18.2 Å². The van der Waals surface area contributed by atoms with Gasteiger partial charge < -0.3 is 15.1 Å². The van der Waals surface area contributed by atoms with Crippen molar-refractivity contribution in [2.24, 2.45) is 4.99 Å². The van der Waals surface area contributed by atoms with E-state index >= 15 is 0 Å². The Kier molecular flexibility index (Phi) is 9.64. The summed E-state index contributed by atoms with van der Waals surface area (Å²) >= 11 is 1.97. The van der Waals surface area contributed by atoms with Gasteiger partial charge in [0.15, 0.2) is 0 Å². The summed E-state index contributed by atoms with van der Waals surface area (Å²) in [7, 11) is -2.76. The van der Waals surface area contributed by atoms with E-state index in [4.69, 9.17) is 0 Å². The summed E-state index contributed by atoms with van der Waals surface area (Å²) in [5.74, 6) is -0.221. The number of carbonyl (C=O) groups excluding carboxylic acids is 2. The molecule has 1 aliphatic rings. The van der Waals surface area contributed by atoms with E-state index in [1.807, 2.05) is 83.3 Å². The van der Waals surface area contributed by atoms with Gasteiger partial charge in [0.2, 0.25) is 11.8 Å². The summed E-state index contributed by atoms with van der Waals surface area (Å²) in [5, 5.41) is 5.46. The van der Waals surface area contributed by atoms with Crippen LogP contribution in [0.5, 0.6) is 0 Å². The molecule has 2 N–H and O–H groups in total. The lowest BCUT2D eigenvalue weighted by Gasteiger charge is -2.10. The smallest absolute Gasteiger partial charge is 0.354 e. The molecule has 0 spiro atoms. The number of hydrogen-bond donors (Lipinski definition) is 2. The maximum atomic E-state index is 14.5. The van der Waals surface area contributed by atoms with E-state index in [0.717, 1.165) is 10.0 Å². The number of halogens is 3. The first-order chi connectivity index (χ1) is 18.5. The molecule has 2 heterocycles. The summed E-state index contributed by atoms with van der Waals surface area (Å²) in [4.78, 5) is 28.0. The third-order valence-electron chi connectivity index (χ3n) is 5.93. The van der Waals surface area contributed by atoms with Crippen molar-refractivity contribution < 1.29 is 18.2 Å². The van der Waals surface area contributed by atoms with E-state index in [1.54, 1.807) is 24.3 Å². The van der Waals surface area contributed by atoms with Crippen LogP contribution in [-0.4, -0.2) is 46.9 Å². The van der Waals surface area contributed by atoms with Crippen LogP contribution in [0.1, 0.15) is 18.5 Å². The molecular weight excluding hydrogens is 600 g/mol. The SMILES string of the molecule is O=C(CI)NCCNC(=O)CCC1=N/C(=C\c2c(-c3ccccc3)cc(-c3ccccc3)n2B(F)F)C=C1. The molecule has 1 aromatic heterocycles. The first-order valence-electron chi connectivity index (χ1n) is 12.2. The molecule has 0 fully saturated rings. The Hall–Kier alpha value is -3.54. The van der Waals surface area contributed by atoms with Gasteiger partial charge in [-0.1, -0.05) is 83.3 Å². The van der Waals surface area contributed by atoms with Gasteiger partial charge in [0.05, 0.1) is 10.1 Å². The van der Waals surface area contributed by atoms with Crippen LogP contribution in [0.15, 0.2) is 89.6 Å². The van der Waals surface area contributed by atoms with Gasteiger partial charge in [-0.3, -0.25) is 23.2 Å². The van der Waals surface area contributed by atoms with E-state index in [1.165, 1.54) is 0 Å². The van der Waals surface area contributed by atoms with Crippen molar-refractivity contribution in [1.82, 2.24) is 15.1 Å². The number of hydrogen-bond acceptors (Lipinski definition) is 3. The Morgan fingerprint density at radius 3 is 2.18 bits per heavy atom. The second-order valence-corrected chi connectivity index (χ2v) is 9.31. The van der Waals surface area contributed by atoms with Crippen LogP contribution in [0.3, 0.4) is 0 Å². The van der Waals surface area contributed by atoms with Crippen LogP contribution in [0.4, 0.5) is 8.63 Å². The number of amides is 2. The monoisotopic (exact) mass is 626 g/mol. The molecule has 3 aromatic rings. The fraction of sp³-hybridized carbons (Fsp3) is 0.179. The van der Waals surface area contributed by atoms with E-state index in [2.05, 4.69) is 15.6 Å². The van der Waals surface area contributed by atoms with Crippen LogP contribution >= 0.6 is 22.6 Å². The van der Waals surface area contributed by atoms with E-state index < -0.39 is 7.40 Å². The number of aromatic nitrogens is 1. The van der Waals surface area contributed by atoms with Crippen molar-refractivity contribution in [2.45, 2.75) is 12.8 Å². The lowest BCUT2D eigenvalue weighted by Crippen LogP contribution is -2.35. The fourth-order valence-electron chi connectivity index (χ4n) is 4.14. The van der Waals surface area contributed by atoms with Gasteiger partial charge >= 0.3 is 7.40 Å². The Balaban J connectivity index is 1.55. The highest BCUT2D eigenvalue weighted by Gasteiger charge is 2.27. The average molecular weight is 626 g/mol. The molecular formula is C28H26BF2IN4O2. The highest BCUT2D eigenvalue weighted by molar-refractivity contribution is 14.1. The lowest BCUT2D eigenvalue weighted by atomic mass is 10.0. The Morgan fingerprint density at radius 1 is 0.921 bits per heavy atom. The van der Waals surface area contributed by atoms with E-state index in [0.29, 0.717) is 57.9 Å². The maximum Gasteiger partial charge on any atom is 0.678 e. The molecule has 2 amide bonds. The molecule has 2 aromatic carbocycles. The molecule has 0 saturated carbocycles. The first-order valence-corrected chi connectivity index (χ1v) is 13.7. The van der Waals surface area contributed by atoms with Gasteiger partial charge in [-0.05, 0) is 41.8 Å². The Morgan fingerprint density at radius 2 is 1.55 bits per heavy atom. The quantitative estimate of drug-likeness (QED) is 0.130. The van der Waals surface area contributed by atoms with Crippen molar-refractivity contribution in [2.75, 3.05) is 17.5 Å². The Labute approximate surface area is 234 Å². The average Bonchev–Trinajstić information content (AvgIpc) is 3.55. The van der Waals surface area contributed by atoms with Gasteiger partial charge in [0.1, 0.15) is 0 Å². The number of allylic oxidation sites excluding steroid dienone is 2. The molecule has 4 rings (SSSR count). The standard InChI is InChI=1S/C28H26BF2IN4O2/c30-29(31)36-25(21-9-5-2-6-10-21)18-24(20-7-3-1-4-8-20)26(36)17-23-12-11-22(35-23)13-14-27(37)33-15-16-34-28(38)19-32/h1-12,17-18H,13-16,19H2,(H,33,37)(H,34,38)/b23-17-. The normalized spacial score (nSPS) is 13.4. The Bertz CT molecular complexity index is 1370. The van der Waals surface area contributed by atoms with Crippen LogP contribution in [-0.2, 0) is 9.59 Å². The molecule has 0 atom stereocenters. The van der Waals surface area contributed by atoms with Crippen molar-refractivity contribution in [3.05, 3.63) is 90.3 Å². The summed E-state index contributed by atoms with van der Waals surface area (Å²) in [5.41, 5.74) is 4.23. The number of rotatable bonds is 11. The van der Waals surface area contributed by atoms with Crippen LogP contribution in [0, 0.1) is 0 Å². The zero-order valence-corrected chi connectivity index (χ0v) is 22.7. The predicted octanol–water partition coefficient (Wildman–Crippen LogP) is 5.39. The van der Waals surface area contributed by atoms with Crippen molar-refractivity contribution in [3.8, 4) is 22.4 Å². The van der Waals surface area contributed by atoms with Crippen molar-refractivity contribution in [1.29, 1.82) is 0 Å². The largest absolute Gasteiger partial charge is 0.678 e. The second kappa shape index (κ2) is 13.3. The zero-order valence-electron chi connectivity index (χ0n) is 20.5. The summed E-state index contributed by atoms with van der Waals surface area (Å²) in [6, 6.07) is 20.4. The third-order valence-corrected chi connectivity index (χ3v) is 6.62. The molecule has 6 nitrogen and oxygen atoms in total. The highest BCUT2D eigenvalue weighted by Crippen LogP contribution is 2.35. The van der Waals surface area contributed by atoms with Crippen LogP contribution in [0.25, 0.3) is 28.5 Å². The molecule has 38 heavy (non-hydrogen) atoms. The molecule has 0 saturated heterocycles. The molecule has 10 heteroatoms. The van der Waals surface area contributed by atoms with Gasteiger partial charge in [0.25, 0.3) is 0 Å². The predicted molar refractivity (Wildman–Crippen MR) is 157 cm³/mol. The topological polar surface area (TPSA) is 75.5 Å². The van der Waals surface area contributed by atoms with Crippen molar-refractivity contribution in [3.63, 3.8) is 0 Å². The maximum absolute atomic E-state index is 14.5. The van der Waals surface area contributed by atoms with Gasteiger partial charge in [0, 0.05) is 42.2 Å². The number of alkyl halides is 1. The van der Waals surface area contributed by atoms with Gasteiger partial charge in [-0.15, -0.1) is 0 Å². The molecule has 0 unspecified atom stereocenters. The lowest BCUT2D eigenvalue weighted by molar-refractivity contribution is -0.121. The minimum Gasteiger partial charge on any atom is -0.354 e. The summed E-state index contributed by atoms with van der Waals surface area (Å²) in [6.07, 6.45) is 5.89. The zero-order chi connectivity index (χ0) is 26.9. The van der Waals surface area contributed by atoms with Gasteiger partial charge in [-0.25, -0.2) is 0 Å². The van der Waals surface area contributed by atoms with E-state index in [-0.39, 0.29) is 18.2 Å². The minimum atomic E-state index is -2.76. The molecule has 0 radical (unpaired) electrons. The molecule has 1 aliphatic heterocycles. The second-order valence-electron chi connectivity index (χ2n) is 8.55. The number of carbonyl (C=O) groups is 2. The third kappa shape index (κ3) is 7.06. The van der Waals surface area contributed by atoms with Gasteiger partial charge in [-0.2, -0.15) is 0 Å². The number of nitrogens with zero attached hydrogens (tertiary/aromatic N) is 2. The summed E-state index contributed by atoms with van der Waals surface area (Å²) < 4.78 is 30.3. The summed E-state index contributed by atoms with van der Waals surface area (Å²) in [6.45, 7) is 0.727. The fourth-order valence-corrected chi connectivity index (χ4v) is 4.41. The first kappa shape index (κ1) is 27.5. The number of aliphatic imine (C=N–C) groups is 1. The number of benzene rings is 2. The van der Waals surface area contributed by atoms with Crippen LogP contribution < -0.4 is 10.6 Å².